The third-order valence-corrected chi connectivity index (χ3v) is 10.6. The van der Waals surface area contributed by atoms with Gasteiger partial charge in [0, 0.05) is 38.8 Å². The Labute approximate surface area is 221 Å². The first-order chi connectivity index (χ1) is 17.5. The standard InChI is InChI=1S/C25H26ClFN4O4S2/c1-28(2)36(32,33)20-8-10-21(11-9-20)37(34,35)31-17-19-16-29(23-12-7-18(26)15-22(23)27)13-14-30(19)24-5-3-4-6-25(24)31/h3-12,15,19H,13-14,16-17H2,1-2H3. The summed E-state index contributed by atoms with van der Waals surface area (Å²) in [5, 5.41) is 0.313. The summed E-state index contributed by atoms with van der Waals surface area (Å²) in [6, 6.07) is 16.8. The Morgan fingerprint density at radius 3 is 2.14 bits per heavy atom. The number of piperazine rings is 1. The van der Waals surface area contributed by atoms with Crippen molar-refractivity contribution in [3.63, 3.8) is 0 Å². The normalized spacial score (nSPS) is 18.1. The number of sulfonamides is 2. The zero-order chi connectivity index (χ0) is 26.5. The second-order valence-corrected chi connectivity index (χ2v) is 13.6. The van der Waals surface area contributed by atoms with Gasteiger partial charge in [-0.2, -0.15) is 0 Å². The Morgan fingerprint density at radius 2 is 1.49 bits per heavy atom. The Morgan fingerprint density at radius 1 is 0.838 bits per heavy atom. The van der Waals surface area contributed by atoms with Gasteiger partial charge in [-0.05, 0) is 54.6 Å². The molecule has 3 aromatic carbocycles. The van der Waals surface area contributed by atoms with Crippen molar-refractivity contribution in [2.45, 2.75) is 15.8 Å². The second kappa shape index (κ2) is 9.46. The largest absolute Gasteiger partial charge is 0.365 e. The number of para-hydroxylation sites is 2. The van der Waals surface area contributed by atoms with Gasteiger partial charge in [-0.3, -0.25) is 4.31 Å². The molecule has 2 aliphatic heterocycles. The number of hydrogen-bond acceptors (Lipinski definition) is 6. The van der Waals surface area contributed by atoms with Crippen LogP contribution in [-0.4, -0.2) is 67.5 Å². The average Bonchev–Trinajstić information content (AvgIpc) is 2.87. The van der Waals surface area contributed by atoms with Crippen molar-refractivity contribution in [2.75, 3.05) is 54.4 Å². The highest BCUT2D eigenvalue weighted by atomic mass is 35.5. The molecule has 1 atom stereocenters. The van der Waals surface area contributed by atoms with Gasteiger partial charge in [0.2, 0.25) is 10.0 Å². The molecule has 196 valence electrons. The number of fused-ring (bicyclic) bond motifs is 3. The van der Waals surface area contributed by atoms with E-state index in [0.717, 1.165) is 9.99 Å². The summed E-state index contributed by atoms with van der Waals surface area (Å²) in [5.41, 5.74) is 1.76. The van der Waals surface area contributed by atoms with E-state index >= 15 is 0 Å². The predicted molar refractivity (Wildman–Crippen MR) is 143 cm³/mol. The van der Waals surface area contributed by atoms with Gasteiger partial charge in [0.15, 0.2) is 0 Å². The van der Waals surface area contributed by atoms with Crippen molar-refractivity contribution in [3.05, 3.63) is 77.6 Å². The second-order valence-electron chi connectivity index (χ2n) is 9.17. The molecule has 12 heteroatoms. The Bertz CT molecular complexity index is 1550. The Balaban J connectivity index is 1.49. The first-order valence-corrected chi connectivity index (χ1v) is 14.9. The smallest absolute Gasteiger partial charge is 0.264 e. The fraction of sp³-hybridized carbons (Fsp3) is 0.280. The van der Waals surface area contributed by atoms with E-state index in [4.69, 9.17) is 11.6 Å². The van der Waals surface area contributed by atoms with Crippen molar-refractivity contribution in [3.8, 4) is 0 Å². The zero-order valence-electron chi connectivity index (χ0n) is 20.3. The molecule has 0 saturated carbocycles. The van der Waals surface area contributed by atoms with E-state index in [1.165, 1.54) is 48.7 Å². The van der Waals surface area contributed by atoms with Crippen LogP contribution in [0.3, 0.4) is 0 Å². The molecule has 0 aromatic heterocycles. The van der Waals surface area contributed by atoms with Crippen LogP contribution >= 0.6 is 11.6 Å². The average molecular weight is 565 g/mol. The molecule has 0 spiro atoms. The van der Waals surface area contributed by atoms with E-state index in [1.807, 2.05) is 17.0 Å². The maximum Gasteiger partial charge on any atom is 0.264 e. The topological polar surface area (TPSA) is 81.2 Å². The first-order valence-electron chi connectivity index (χ1n) is 11.6. The van der Waals surface area contributed by atoms with Crippen molar-refractivity contribution in [1.29, 1.82) is 0 Å². The van der Waals surface area contributed by atoms with Crippen LogP contribution in [0, 0.1) is 5.82 Å². The molecular formula is C25H26ClFN4O4S2. The van der Waals surface area contributed by atoms with Crippen LogP contribution in [0.25, 0.3) is 0 Å². The molecule has 0 radical (unpaired) electrons. The minimum absolute atomic E-state index is 0.00887. The number of nitrogens with zero attached hydrogens (tertiary/aromatic N) is 4. The summed E-state index contributed by atoms with van der Waals surface area (Å²) in [6.45, 7) is 1.73. The molecule has 2 heterocycles. The van der Waals surface area contributed by atoms with Gasteiger partial charge >= 0.3 is 0 Å². The SMILES string of the molecule is CN(C)S(=O)(=O)c1ccc(S(=O)(=O)N2CC3CN(c4ccc(Cl)cc4F)CCN3c3ccccc32)cc1. The van der Waals surface area contributed by atoms with Crippen LogP contribution in [-0.2, 0) is 20.0 Å². The fourth-order valence-corrected chi connectivity index (χ4v) is 7.42. The monoisotopic (exact) mass is 564 g/mol. The lowest BCUT2D eigenvalue weighted by molar-refractivity contribution is 0.502. The highest BCUT2D eigenvalue weighted by Gasteiger charge is 2.40. The van der Waals surface area contributed by atoms with Crippen molar-refractivity contribution in [1.82, 2.24) is 4.31 Å². The lowest BCUT2D eigenvalue weighted by Gasteiger charge is -2.49. The molecule has 5 rings (SSSR count). The number of anilines is 3. The fourth-order valence-electron chi connectivity index (χ4n) is 4.84. The van der Waals surface area contributed by atoms with Gasteiger partial charge in [-0.1, -0.05) is 23.7 Å². The number of hydrogen-bond donors (Lipinski definition) is 0. The molecule has 0 amide bonds. The van der Waals surface area contributed by atoms with Crippen LogP contribution in [0.1, 0.15) is 0 Å². The van der Waals surface area contributed by atoms with Crippen LogP contribution in [0.4, 0.5) is 21.5 Å². The first kappa shape index (κ1) is 25.8. The maximum atomic E-state index is 14.7. The molecule has 37 heavy (non-hydrogen) atoms. The molecule has 8 nitrogen and oxygen atoms in total. The molecular weight excluding hydrogens is 539 g/mol. The summed E-state index contributed by atoms with van der Waals surface area (Å²) in [4.78, 5) is 4.07. The summed E-state index contributed by atoms with van der Waals surface area (Å²) in [7, 11) is -4.88. The lowest BCUT2D eigenvalue weighted by atomic mass is 10.0. The van der Waals surface area contributed by atoms with E-state index in [1.54, 1.807) is 24.3 Å². The van der Waals surface area contributed by atoms with Crippen LogP contribution in [0.15, 0.2) is 76.5 Å². The molecule has 0 aliphatic carbocycles. The summed E-state index contributed by atoms with van der Waals surface area (Å²) in [6.07, 6.45) is 0. The predicted octanol–water partition coefficient (Wildman–Crippen LogP) is 3.63. The Hall–Kier alpha value is -2.86. The van der Waals surface area contributed by atoms with Gasteiger partial charge in [0.05, 0.1) is 39.4 Å². The maximum absolute atomic E-state index is 14.7. The zero-order valence-corrected chi connectivity index (χ0v) is 22.6. The van der Waals surface area contributed by atoms with Crippen LogP contribution < -0.4 is 14.1 Å². The minimum Gasteiger partial charge on any atom is -0.365 e. The van der Waals surface area contributed by atoms with Crippen LogP contribution in [0.5, 0.6) is 0 Å². The lowest BCUT2D eigenvalue weighted by Crippen LogP contribution is -2.60. The summed E-state index contributed by atoms with van der Waals surface area (Å²) in [5.74, 6) is -0.422. The highest BCUT2D eigenvalue weighted by molar-refractivity contribution is 7.93. The third kappa shape index (κ3) is 4.54. The number of benzene rings is 3. The van der Waals surface area contributed by atoms with Crippen molar-refractivity contribution < 1.29 is 21.2 Å². The molecule has 2 aliphatic rings. The van der Waals surface area contributed by atoms with E-state index in [0.29, 0.717) is 36.0 Å². The van der Waals surface area contributed by atoms with Gasteiger partial charge in [-0.25, -0.2) is 25.5 Å². The Kier molecular flexibility index (Phi) is 6.59. The number of halogens is 2. The van der Waals surface area contributed by atoms with E-state index in [9.17, 15) is 21.2 Å². The quantitative estimate of drug-likeness (QED) is 0.471. The summed E-state index contributed by atoms with van der Waals surface area (Å²) < 4.78 is 69.6. The molecule has 0 N–H and O–H groups in total. The van der Waals surface area contributed by atoms with E-state index in [2.05, 4.69) is 4.90 Å². The van der Waals surface area contributed by atoms with Gasteiger partial charge in [0.25, 0.3) is 10.0 Å². The molecule has 3 aromatic rings. The summed E-state index contributed by atoms with van der Waals surface area (Å²) >= 11 is 5.92. The third-order valence-electron chi connectivity index (χ3n) is 6.76. The molecule has 1 unspecified atom stereocenters. The van der Waals surface area contributed by atoms with Gasteiger partial charge in [-0.15, -0.1) is 0 Å². The molecule has 1 saturated heterocycles. The highest BCUT2D eigenvalue weighted by Crippen LogP contribution is 2.40. The van der Waals surface area contributed by atoms with Crippen molar-refractivity contribution in [2.24, 2.45) is 0 Å². The van der Waals surface area contributed by atoms with E-state index < -0.39 is 25.9 Å². The van der Waals surface area contributed by atoms with Crippen LogP contribution in [0.2, 0.25) is 5.02 Å². The van der Waals surface area contributed by atoms with Gasteiger partial charge in [0.1, 0.15) is 5.82 Å². The van der Waals surface area contributed by atoms with Gasteiger partial charge < -0.3 is 9.80 Å². The van der Waals surface area contributed by atoms with Crippen molar-refractivity contribution >= 4 is 48.7 Å². The molecule has 0 bridgehead atoms. The van der Waals surface area contributed by atoms with E-state index in [-0.39, 0.29) is 22.4 Å². The molecule has 1 fully saturated rings. The minimum atomic E-state index is -4.02. The number of rotatable bonds is 5.